The van der Waals surface area contributed by atoms with Crippen LogP contribution in [0.2, 0.25) is 10.0 Å². The van der Waals surface area contributed by atoms with E-state index >= 15 is 0 Å². The smallest absolute Gasteiger partial charge is 0.296 e. The third kappa shape index (κ3) is 38.7. The third-order valence-corrected chi connectivity index (χ3v) is 19.5. The number of imidazole rings is 1. The average Bonchev–Trinajstić information content (AvgIpc) is 1.64. The number of hydrogen-bond donors (Lipinski definition) is 8. The first-order valence-electron chi connectivity index (χ1n) is 43.5. The molecule has 0 aliphatic carbocycles. The van der Waals surface area contributed by atoms with Gasteiger partial charge in [-0.25, -0.2) is 22.5 Å². The summed E-state index contributed by atoms with van der Waals surface area (Å²) in [5, 5.41) is 54.4. The Balaban J connectivity index is 0.000000264. The highest BCUT2D eigenvalue weighted by Gasteiger charge is 2.23. The average molecular weight is 2130 g/mol. The maximum Gasteiger partial charge on any atom is 0.296 e. The number of nitro benzene ring substituents is 3. The summed E-state index contributed by atoms with van der Waals surface area (Å²) in [5.74, 6) is -0.524. The zero-order valence-electron chi connectivity index (χ0n) is 82.6. The van der Waals surface area contributed by atoms with Crippen molar-refractivity contribution in [2.45, 2.75) is 12.8 Å². The lowest BCUT2D eigenvalue weighted by molar-refractivity contribution is -0.384. The molecule has 11 N–H and O–H groups in total. The summed E-state index contributed by atoms with van der Waals surface area (Å²) in [7, 11) is 25.3. The number of nitrogens with two attached hydrogens (primary N) is 3. The van der Waals surface area contributed by atoms with Gasteiger partial charge < -0.3 is 96.3 Å². The van der Waals surface area contributed by atoms with Crippen molar-refractivity contribution < 1.29 is 89.9 Å². The summed E-state index contributed by atoms with van der Waals surface area (Å²) in [6.45, 7) is 2.00. The third-order valence-electron chi connectivity index (χ3n) is 18.8. The first kappa shape index (κ1) is 120. The number of thiocarbonyl (C=S) groups is 1. The van der Waals surface area contributed by atoms with Crippen LogP contribution in [-0.4, -0.2) is 236 Å². The topological polar surface area (TPSA) is 548 Å². The van der Waals surface area contributed by atoms with E-state index in [0.717, 1.165) is 42.6 Å². The number of rotatable bonds is 22. The van der Waals surface area contributed by atoms with E-state index in [1.807, 2.05) is 25.3 Å². The molecule has 0 unspecified atom stereocenters. The predicted octanol–water partition coefficient (Wildman–Crippen LogP) is 19.0. The second-order valence-corrected chi connectivity index (χ2v) is 32.4. The molecule has 8 heterocycles. The number of aromatic hydroxyl groups is 1. The summed E-state index contributed by atoms with van der Waals surface area (Å²) < 4.78 is 82.5. The van der Waals surface area contributed by atoms with Gasteiger partial charge in [0.15, 0.2) is 11.6 Å². The number of phenols is 1. The maximum atomic E-state index is 14.0. The molecule has 149 heavy (non-hydrogen) atoms. The number of hydrogen-bond acceptors (Lipinski definition) is 34. The fraction of sp³-hybridized carbons (Fsp3) is 0.192. The van der Waals surface area contributed by atoms with Crippen LogP contribution in [-0.2, 0) is 11.8 Å². The Bertz CT molecular complexity index is 7010. The second kappa shape index (κ2) is 60.1. The van der Waals surface area contributed by atoms with Crippen molar-refractivity contribution >= 4 is 161 Å². The zero-order chi connectivity index (χ0) is 110. The fourth-order valence-corrected chi connectivity index (χ4v) is 12.0. The Morgan fingerprint density at radius 2 is 0.772 bits per heavy atom. The largest absolute Gasteiger partial charge is 0.508 e. The van der Waals surface area contributed by atoms with E-state index in [-0.39, 0.29) is 110 Å². The highest BCUT2D eigenvalue weighted by atomic mass is 35.5. The normalized spacial score (nSPS) is 10.4. The molecule has 1 saturated heterocycles. The van der Waals surface area contributed by atoms with Crippen molar-refractivity contribution in [3.63, 3.8) is 0 Å². The number of anilines is 7. The van der Waals surface area contributed by atoms with E-state index in [1.54, 1.807) is 193 Å². The van der Waals surface area contributed by atoms with Crippen LogP contribution in [0.15, 0.2) is 242 Å². The lowest BCUT2D eigenvalue weighted by Gasteiger charge is -2.12. The quantitative estimate of drug-likeness (QED) is 0.00456. The van der Waals surface area contributed by atoms with Gasteiger partial charge in [0.1, 0.15) is 126 Å². The molecule has 14 aromatic rings. The number of isothiocyanates is 1. The number of halogens is 7. The number of aromatic nitrogens is 8. The zero-order valence-corrected chi connectivity index (χ0v) is 85.7. The number of ether oxygens (including phenoxy) is 5. The molecule has 1 aliphatic heterocycles. The van der Waals surface area contributed by atoms with Gasteiger partial charge in [0, 0.05) is 188 Å². The number of para-hydroxylation sites is 2. The van der Waals surface area contributed by atoms with E-state index in [9.17, 15) is 76.7 Å². The van der Waals surface area contributed by atoms with Crippen molar-refractivity contribution in [2.75, 3.05) is 145 Å². The van der Waals surface area contributed by atoms with Gasteiger partial charge in [0.05, 0.1) is 60.5 Å². The van der Waals surface area contributed by atoms with Crippen LogP contribution >= 0.6 is 47.0 Å². The number of aryl methyl sites for hydroxylation is 1. The van der Waals surface area contributed by atoms with Crippen LogP contribution in [0.25, 0.3) is 11.0 Å². The lowest BCUT2D eigenvalue weighted by atomic mass is 10.2. The minimum atomic E-state index is -0.734. The Morgan fingerprint density at radius 3 is 1.12 bits per heavy atom. The van der Waals surface area contributed by atoms with E-state index < -0.39 is 43.3 Å². The Kier molecular flexibility index (Phi) is 48.4. The van der Waals surface area contributed by atoms with Crippen molar-refractivity contribution in [3.05, 3.63) is 335 Å². The Morgan fingerprint density at radius 1 is 0.443 bits per heavy atom. The van der Waals surface area contributed by atoms with Gasteiger partial charge in [-0.2, -0.15) is 4.99 Å². The molecule has 1 aliphatic rings. The molecule has 15 rings (SSSR count). The molecule has 50 heteroatoms. The first-order chi connectivity index (χ1) is 70.7. The molecule has 0 atom stereocenters. The lowest BCUT2D eigenvalue weighted by Crippen LogP contribution is -2.22. The number of carbonyl (C=O) groups excluding carboxylic acids is 6. The van der Waals surface area contributed by atoms with Crippen molar-refractivity contribution in [1.29, 1.82) is 0 Å². The molecular formula is C99H103Cl3F4N24O18S. The van der Waals surface area contributed by atoms with Gasteiger partial charge in [0.25, 0.3) is 51.8 Å². The minimum Gasteiger partial charge on any atom is -0.508 e. The first-order valence-corrected chi connectivity index (χ1v) is 45.0. The summed E-state index contributed by atoms with van der Waals surface area (Å²) in [6, 6.07) is 48.6. The molecule has 0 bridgehead atoms. The van der Waals surface area contributed by atoms with Crippen LogP contribution in [0.1, 0.15) is 75.8 Å². The Labute approximate surface area is 871 Å². The number of aliphatic imine (C=N–C) groups is 1. The van der Waals surface area contributed by atoms with Gasteiger partial charge in [0.2, 0.25) is 5.95 Å². The molecule has 7 aromatic carbocycles. The number of nitrogens with one attached hydrogen (secondary N) is 4. The Hall–Kier alpha value is -17.8. The second-order valence-electron chi connectivity index (χ2n) is 31.0. The van der Waals surface area contributed by atoms with Crippen molar-refractivity contribution in [2.24, 2.45) is 12.0 Å². The molecule has 5 amide bonds. The van der Waals surface area contributed by atoms with Crippen LogP contribution < -0.4 is 57.4 Å². The van der Waals surface area contributed by atoms with Gasteiger partial charge in [-0.05, 0) is 184 Å². The molecular weight excluding hydrogens is 2030 g/mol. The van der Waals surface area contributed by atoms with E-state index in [1.165, 1.54) is 153 Å². The van der Waals surface area contributed by atoms with E-state index in [0.29, 0.717) is 78.6 Å². The summed E-state index contributed by atoms with van der Waals surface area (Å²) in [5.41, 5.74) is 20.2. The number of phenolic OH excluding ortho intramolecular Hbond substituents is 1. The molecule has 0 spiro atoms. The number of benzene rings is 7. The standard InChI is InChI=1S/C22H19F2N5O2.C15H16N4O4.C15H18N4O2.C14H14N4O4.C8H9ClN2O.C7H3F2NS.C6H3Cl2NO.C6H6N2O3.C4H8O.C2H7N/c1-28(2)21(30)18-12-14(9-10-25-18)31-13-7-8-19-17(11-13)26-22(29(19)3)27-20-15(23)5-4-6-16(20)24;1-16-12-5-4-10(9-14(12)19(21)22)23-11-6-7-17-13(8-11)15(20)18(2)3;1-17-13-5-4-10(8-12(13)16)21-11-6-7-18-14(9-11)15(20)19(2)3;1-17(2)14(19)12-7-10(5-6-16-12)22-9-3-4-11(15)13(8-9)18(20)21;1-11(2)8(12)7-5-6(9)3-4-10-7;8-5-2-1-3-6(9)7(5)10-4-11;7-4-1-2-9-5(3-4)6(8)10;7-5-2-1-4(9)3-6(5)8(10)11;1-2-4-5-3-1;1-3-2/h4-12H,1-3H3,(H,26,27);4-9,16H,1-3H3;4-9,17H,16H2,1-3H3;3-8H,15H2,1-2H3;3-5H,1-2H3;1-3H;1-3H;1-3,9H,7H2;1-4H2;3H,1-2H3. The van der Waals surface area contributed by atoms with E-state index in [4.69, 9.17) is 80.8 Å². The predicted molar refractivity (Wildman–Crippen MR) is 562 cm³/mol. The summed E-state index contributed by atoms with van der Waals surface area (Å²) >= 11 is 20.5. The fourth-order valence-electron chi connectivity index (χ4n) is 11.5. The number of pyridine rings is 6. The van der Waals surface area contributed by atoms with Crippen LogP contribution in [0.5, 0.6) is 51.7 Å². The van der Waals surface area contributed by atoms with Crippen LogP contribution in [0, 0.1) is 53.6 Å². The maximum absolute atomic E-state index is 14.0. The van der Waals surface area contributed by atoms with Crippen LogP contribution in [0.3, 0.4) is 0 Å². The number of nitro groups is 3. The van der Waals surface area contributed by atoms with Gasteiger partial charge in [-0.15, -0.1) is 0 Å². The molecule has 782 valence electrons. The molecule has 0 radical (unpaired) electrons. The van der Waals surface area contributed by atoms with Gasteiger partial charge >= 0.3 is 0 Å². The van der Waals surface area contributed by atoms with Crippen molar-refractivity contribution in [1.82, 2.24) is 69.3 Å². The van der Waals surface area contributed by atoms with Crippen molar-refractivity contribution in [3.8, 4) is 51.7 Å². The number of carbonyl (C=O) groups is 6. The molecule has 1 fully saturated rings. The monoisotopic (exact) mass is 2130 g/mol. The number of nitrogen functional groups attached to an aromatic ring is 3. The molecule has 0 saturated carbocycles. The number of amides is 5. The SMILES string of the molecule is C1CCOC1.CN(C)C(=O)c1cc(Cl)ccn1.CN(C)C(=O)c1cc(Oc2ccc(N)c([N+](=O)[O-])c2)ccn1.CN(C)C(=O)c1cc(Oc2ccc3c(c2)nc(Nc2c(F)cccc2F)n3C)ccn1.CNC.CNc1ccc(Oc2ccnc(C(=O)N(C)C)c2)cc1N.CNc1ccc(Oc2ccnc(C(=O)N(C)C)c2)cc1[N+](=O)[O-].Fc1cccc(F)c1N=C=S.Nc1ccc(O)cc1[N+](=O)[O-].O=C(Cl)c1cc(Cl)ccn1. The molecule has 42 nitrogen and oxygen atoms in total. The van der Waals surface area contributed by atoms with E-state index in [2.05, 4.69) is 73.4 Å². The number of fused-ring (bicyclic) bond motifs is 1. The summed E-state index contributed by atoms with van der Waals surface area (Å²) in [6.07, 6.45) is 11.4. The highest BCUT2D eigenvalue weighted by molar-refractivity contribution is 7.78. The van der Waals surface area contributed by atoms with Crippen LogP contribution in [0.4, 0.5) is 80.4 Å². The highest BCUT2D eigenvalue weighted by Crippen LogP contribution is 2.36. The number of nitrogens with zero attached hydrogens (tertiary/aromatic N) is 17. The minimum absolute atomic E-state index is 0.0489. The van der Waals surface area contributed by atoms with Gasteiger partial charge in [-0.1, -0.05) is 35.3 Å². The summed E-state index contributed by atoms with van der Waals surface area (Å²) in [4.78, 5) is 138. The molecule has 7 aromatic heterocycles. The van der Waals surface area contributed by atoms with Gasteiger partial charge in [-0.3, -0.25) is 89.0 Å².